The van der Waals surface area contributed by atoms with E-state index in [4.69, 9.17) is 11.6 Å². The number of fused-ring (bicyclic) bond motifs is 1. The zero-order valence-electron chi connectivity index (χ0n) is 12.9. The van der Waals surface area contributed by atoms with Gasteiger partial charge in [-0.15, -0.1) is 0 Å². The number of hydrogen-bond donors (Lipinski definition) is 2. The van der Waals surface area contributed by atoms with Crippen LogP contribution in [0.4, 0.5) is 10.5 Å². The third-order valence-electron chi connectivity index (χ3n) is 3.81. The summed E-state index contributed by atoms with van der Waals surface area (Å²) in [6.07, 6.45) is -1.12. The van der Waals surface area contributed by atoms with E-state index in [0.29, 0.717) is 27.2 Å². The lowest BCUT2D eigenvalue weighted by Crippen LogP contribution is -2.30. The highest BCUT2D eigenvalue weighted by Crippen LogP contribution is 2.34. The number of aromatic nitrogens is 1. The molecule has 1 amide bonds. The number of carboxylic acid groups (broad SMARTS) is 1. The number of benzene rings is 2. The van der Waals surface area contributed by atoms with Crippen LogP contribution in [-0.2, 0) is 0 Å². The molecule has 0 atom stereocenters. The molecule has 0 unspecified atom stereocenters. The van der Waals surface area contributed by atoms with Crippen molar-refractivity contribution in [1.29, 1.82) is 0 Å². The Morgan fingerprint density at radius 1 is 1.17 bits per heavy atom. The number of H-pyrrole nitrogens is 1. The number of amides is 1. The van der Waals surface area contributed by atoms with Crippen LogP contribution in [0.1, 0.15) is 23.0 Å². The molecule has 0 bridgehead atoms. The van der Waals surface area contributed by atoms with Gasteiger partial charge in [-0.3, -0.25) is 9.69 Å². The molecule has 0 spiro atoms. The average Bonchev–Trinajstić information content (AvgIpc) is 2.94. The van der Waals surface area contributed by atoms with Crippen LogP contribution in [0.15, 0.2) is 48.5 Å². The van der Waals surface area contributed by atoms with Gasteiger partial charge in [0.1, 0.15) is 5.69 Å². The van der Waals surface area contributed by atoms with Crippen molar-refractivity contribution in [3.05, 3.63) is 64.8 Å². The maximum Gasteiger partial charge on any atom is 0.411 e. The Kier molecular flexibility index (Phi) is 4.27. The molecule has 3 rings (SSSR count). The van der Waals surface area contributed by atoms with Crippen molar-refractivity contribution >= 4 is 40.1 Å². The maximum absolute atomic E-state index is 12.9. The lowest BCUT2D eigenvalue weighted by atomic mass is 10.1. The van der Waals surface area contributed by atoms with Gasteiger partial charge in [0, 0.05) is 28.0 Å². The SMILES string of the molecule is CCN(C(=O)O)c1c(C(=O)c2ccccc2)[nH]c2cc(Cl)ccc12. The van der Waals surface area contributed by atoms with Crippen LogP contribution in [0.2, 0.25) is 5.02 Å². The van der Waals surface area contributed by atoms with Gasteiger partial charge in [-0.25, -0.2) is 4.79 Å². The first-order valence-electron chi connectivity index (χ1n) is 7.44. The van der Waals surface area contributed by atoms with Crippen LogP contribution in [0.25, 0.3) is 10.9 Å². The second-order valence-corrected chi connectivity index (χ2v) is 5.70. The van der Waals surface area contributed by atoms with Crippen molar-refractivity contribution in [2.45, 2.75) is 6.92 Å². The Morgan fingerprint density at radius 2 is 1.88 bits per heavy atom. The number of aromatic amines is 1. The van der Waals surface area contributed by atoms with Crippen LogP contribution in [0.3, 0.4) is 0 Å². The predicted octanol–water partition coefficient (Wildman–Crippen LogP) is 4.56. The molecule has 122 valence electrons. The second-order valence-electron chi connectivity index (χ2n) is 5.26. The van der Waals surface area contributed by atoms with Crippen LogP contribution in [0.5, 0.6) is 0 Å². The third-order valence-corrected chi connectivity index (χ3v) is 4.05. The molecular formula is C18H15ClN2O3. The number of ketones is 1. The minimum absolute atomic E-state index is 0.222. The number of hydrogen-bond acceptors (Lipinski definition) is 2. The van der Waals surface area contributed by atoms with Gasteiger partial charge in [0.2, 0.25) is 5.78 Å². The van der Waals surface area contributed by atoms with E-state index in [0.717, 1.165) is 4.90 Å². The fourth-order valence-corrected chi connectivity index (χ4v) is 2.89. The summed E-state index contributed by atoms with van der Waals surface area (Å²) in [6.45, 7) is 1.94. The van der Waals surface area contributed by atoms with Crippen LogP contribution in [-0.4, -0.2) is 28.5 Å². The van der Waals surface area contributed by atoms with Crippen molar-refractivity contribution in [1.82, 2.24) is 4.98 Å². The number of carbonyl (C=O) groups is 2. The molecule has 0 aliphatic rings. The van der Waals surface area contributed by atoms with Crippen molar-refractivity contribution in [3.8, 4) is 0 Å². The van der Waals surface area contributed by atoms with Gasteiger partial charge in [0.05, 0.1) is 5.69 Å². The smallest absolute Gasteiger partial charge is 0.411 e. The first-order valence-corrected chi connectivity index (χ1v) is 7.82. The Balaban J connectivity index is 2.26. The first-order chi connectivity index (χ1) is 11.5. The summed E-state index contributed by atoms with van der Waals surface area (Å²) in [5.74, 6) is -0.266. The molecule has 0 aliphatic heterocycles. The molecule has 3 aromatic rings. The second kappa shape index (κ2) is 6.37. The molecule has 6 heteroatoms. The van der Waals surface area contributed by atoms with E-state index in [2.05, 4.69) is 4.98 Å². The van der Waals surface area contributed by atoms with Gasteiger partial charge in [-0.1, -0.05) is 41.9 Å². The largest absolute Gasteiger partial charge is 0.465 e. The summed E-state index contributed by atoms with van der Waals surface area (Å²) in [5.41, 5.74) is 1.70. The Bertz CT molecular complexity index is 919. The number of rotatable bonds is 4. The standard InChI is InChI=1S/C18H15ClN2O3/c1-2-21(18(23)24)16-13-9-8-12(19)10-14(13)20-15(16)17(22)11-6-4-3-5-7-11/h3-10,20H,2H2,1H3,(H,23,24). The van der Waals surface area contributed by atoms with E-state index < -0.39 is 6.09 Å². The van der Waals surface area contributed by atoms with E-state index in [-0.39, 0.29) is 18.0 Å². The summed E-state index contributed by atoms with van der Waals surface area (Å²) in [7, 11) is 0. The lowest BCUT2D eigenvalue weighted by molar-refractivity contribution is 0.103. The molecular weight excluding hydrogens is 328 g/mol. The molecule has 0 fully saturated rings. The van der Waals surface area contributed by atoms with Gasteiger partial charge in [0.25, 0.3) is 0 Å². The summed E-state index contributed by atoms with van der Waals surface area (Å²) in [5, 5.41) is 10.7. The highest BCUT2D eigenvalue weighted by Gasteiger charge is 2.26. The molecule has 0 radical (unpaired) electrons. The van der Waals surface area contributed by atoms with Crippen LogP contribution < -0.4 is 4.90 Å². The summed E-state index contributed by atoms with van der Waals surface area (Å²) < 4.78 is 0. The number of carbonyl (C=O) groups excluding carboxylic acids is 1. The van der Waals surface area contributed by atoms with E-state index in [1.807, 2.05) is 6.07 Å². The monoisotopic (exact) mass is 342 g/mol. The lowest BCUT2D eigenvalue weighted by Gasteiger charge is -2.18. The fraction of sp³-hybridized carbons (Fsp3) is 0.111. The van der Waals surface area contributed by atoms with E-state index >= 15 is 0 Å². The minimum atomic E-state index is -1.12. The van der Waals surface area contributed by atoms with E-state index in [1.165, 1.54) is 0 Å². The number of nitrogens with one attached hydrogen (secondary N) is 1. The van der Waals surface area contributed by atoms with Crippen LogP contribution >= 0.6 is 11.6 Å². The van der Waals surface area contributed by atoms with Crippen molar-refractivity contribution in [2.75, 3.05) is 11.4 Å². The molecule has 1 heterocycles. The number of halogens is 1. The molecule has 1 aromatic heterocycles. The van der Waals surface area contributed by atoms with Gasteiger partial charge in [-0.2, -0.15) is 0 Å². The quantitative estimate of drug-likeness (QED) is 0.683. The Labute approximate surface area is 143 Å². The average molecular weight is 343 g/mol. The summed E-state index contributed by atoms with van der Waals surface area (Å²) in [4.78, 5) is 28.7. The molecule has 0 aliphatic carbocycles. The van der Waals surface area contributed by atoms with Crippen LogP contribution in [0, 0.1) is 0 Å². The topological polar surface area (TPSA) is 73.4 Å². The normalized spacial score (nSPS) is 10.8. The maximum atomic E-state index is 12.9. The Hall–Kier alpha value is -2.79. The third kappa shape index (κ3) is 2.74. The zero-order valence-corrected chi connectivity index (χ0v) is 13.7. The van der Waals surface area contributed by atoms with Crippen molar-refractivity contribution < 1.29 is 14.7 Å². The van der Waals surface area contributed by atoms with Gasteiger partial charge < -0.3 is 10.1 Å². The predicted molar refractivity (Wildman–Crippen MR) is 94.2 cm³/mol. The van der Waals surface area contributed by atoms with Gasteiger partial charge in [-0.05, 0) is 25.1 Å². The highest BCUT2D eigenvalue weighted by molar-refractivity contribution is 6.31. The first kappa shape index (κ1) is 16.1. The van der Waals surface area contributed by atoms with E-state index in [1.54, 1.807) is 49.4 Å². The minimum Gasteiger partial charge on any atom is -0.465 e. The number of anilines is 1. The van der Waals surface area contributed by atoms with Gasteiger partial charge >= 0.3 is 6.09 Å². The summed E-state index contributed by atoms with van der Waals surface area (Å²) in [6, 6.07) is 13.8. The van der Waals surface area contributed by atoms with Crippen molar-refractivity contribution in [2.24, 2.45) is 0 Å². The summed E-state index contributed by atoms with van der Waals surface area (Å²) >= 11 is 6.02. The highest BCUT2D eigenvalue weighted by atomic mass is 35.5. The fourth-order valence-electron chi connectivity index (χ4n) is 2.72. The van der Waals surface area contributed by atoms with E-state index in [9.17, 15) is 14.7 Å². The zero-order chi connectivity index (χ0) is 17.3. The molecule has 5 nitrogen and oxygen atoms in total. The molecule has 0 saturated carbocycles. The Morgan fingerprint density at radius 3 is 2.50 bits per heavy atom. The molecule has 2 aromatic carbocycles. The molecule has 2 N–H and O–H groups in total. The van der Waals surface area contributed by atoms with Crippen molar-refractivity contribution in [3.63, 3.8) is 0 Å². The van der Waals surface area contributed by atoms with Gasteiger partial charge in [0.15, 0.2) is 0 Å². The molecule has 0 saturated heterocycles. The molecule has 24 heavy (non-hydrogen) atoms. The number of nitrogens with zero attached hydrogens (tertiary/aromatic N) is 1.